The molecular formula is C12H16N2S. The number of hydrogen-bond acceptors (Lipinski definition) is 2. The first kappa shape index (κ1) is 10.5. The summed E-state index contributed by atoms with van der Waals surface area (Å²) in [5, 5.41) is 5.64. The molecule has 0 saturated carbocycles. The van der Waals surface area contributed by atoms with E-state index < -0.39 is 0 Å². The van der Waals surface area contributed by atoms with Crippen LogP contribution in [-0.2, 0) is 13.6 Å². The molecule has 0 aliphatic carbocycles. The third-order valence-electron chi connectivity index (χ3n) is 2.61. The second-order valence-corrected chi connectivity index (χ2v) is 4.71. The summed E-state index contributed by atoms with van der Waals surface area (Å²) < 4.78 is 2.15. The van der Waals surface area contributed by atoms with Gasteiger partial charge in [0.05, 0.1) is 0 Å². The molecule has 0 bridgehead atoms. The van der Waals surface area contributed by atoms with Crippen LogP contribution in [0.4, 0.5) is 0 Å². The minimum absolute atomic E-state index is 0.430. The fourth-order valence-corrected chi connectivity index (χ4v) is 2.33. The van der Waals surface area contributed by atoms with Crippen molar-refractivity contribution < 1.29 is 0 Å². The summed E-state index contributed by atoms with van der Waals surface area (Å²) in [5.41, 5.74) is 1.32. The zero-order valence-electron chi connectivity index (χ0n) is 9.10. The Balaban J connectivity index is 1.91. The van der Waals surface area contributed by atoms with Crippen LogP contribution in [0.5, 0.6) is 0 Å². The van der Waals surface area contributed by atoms with Crippen LogP contribution in [0.1, 0.15) is 23.5 Å². The van der Waals surface area contributed by atoms with E-state index >= 15 is 0 Å². The van der Waals surface area contributed by atoms with Gasteiger partial charge in [-0.1, -0.05) is 6.07 Å². The third-order valence-corrected chi connectivity index (χ3v) is 3.67. The number of rotatable bonds is 4. The molecule has 0 amide bonds. The van der Waals surface area contributed by atoms with Crippen LogP contribution in [-0.4, -0.2) is 4.57 Å². The fourth-order valence-electron chi connectivity index (χ4n) is 1.58. The Bertz CT molecular complexity index is 403. The predicted octanol–water partition coefficient (Wildman–Crippen LogP) is 2.94. The van der Waals surface area contributed by atoms with E-state index in [1.165, 1.54) is 10.6 Å². The van der Waals surface area contributed by atoms with Gasteiger partial charge in [-0.3, -0.25) is 0 Å². The fraction of sp³-hybridized carbons (Fsp3) is 0.333. The molecule has 2 heterocycles. The number of hydrogen-bond donors (Lipinski definition) is 1. The largest absolute Gasteiger partial charge is 0.353 e. The Morgan fingerprint density at radius 3 is 2.87 bits per heavy atom. The Morgan fingerprint density at radius 1 is 1.40 bits per heavy atom. The van der Waals surface area contributed by atoms with Crippen LogP contribution < -0.4 is 5.32 Å². The molecule has 15 heavy (non-hydrogen) atoms. The minimum Gasteiger partial charge on any atom is -0.353 e. The van der Waals surface area contributed by atoms with E-state index in [2.05, 4.69) is 59.7 Å². The van der Waals surface area contributed by atoms with Gasteiger partial charge in [0.15, 0.2) is 0 Å². The smallest absolute Gasteiger partial charge is 0.0389 e. The van der Waals surface area contributed by atoms with Crippen LogP contribution in [0.2, 0.25) is 0 Å². The molecule has 1 atom stereocenters. The van der Waals surface area contributed by atoms with E-state index in [1.54, 1.807) is 11.3 Å². The molecule has 0 aromatic carbocycles. The lowest BCUT2D eigenvalue weighted by Crippen LogP contribution is -2.18. The maximum Gasteiger partial charge on any atom is 0.0389 e. The molecule has 1 N–H and O–H groups in total. The Kier molecular flexibility index (Phi) is 3.23. The van der Waals surface area contributed by atoms with Crippen molar-refractivity contribution in [3.63, 3.8) is 0 Å². The third kappa shape index (κ3) is 2.49. The van der Waals surface area contributed by atoms with E-state index in [9.17, 15) is 0 Å². The Labute approximate surface area is 94.6 Å². The van der Waals surface area contributed by atoms with Gasteiger partial charge in [-0.15, -0.1) is 11.3 Å². The minimum atomic E-state index is 0.430. The number of aryl methyl sites for hydroxylation is 1. The van der Waals surface area contributed by atoms with Crippen molar-refractivity contribution in [2.24, 2.45) is 7.05 Å². The highest BCUT2D eigenvalue weighted by atomic mass is 32.1. The zero-order chi connectivity index (χ0) is 10.7. The summed E-state index contributed by atoms with van der Waals surface area (Å²) in [6, 6.07) is 8.93. The van der Waals surface area contributed by atoms with Crippen LogP contribution in [0.15, 0.2) is 35.8 Å². The Hall–Kier alpha value is -1.06. The lowest BCUT2D eigenvalue weighted by atomic mass is 10.2. The van der Waals surface area contributed by atoms with Gasteiger partial charge in [0.1, 0.15) is 0 Å². The average Bonchev–Trinajstić information content (AvgIpc) is 2.85. The van der Waals surface area contributed by atoms with E-state index in [4.69, 9.17) is 0 Å². The number of thiophene rings is 1. The van der Waals surface area contributed by atoms with Gasteiger partial charge in [0.25, 0.3) is 0 Å². The molecule has 0 radical (unpaired) electrons. The van der Waals surface area contributed by atoms with E-state index in [0.717, 1.165) is 6.54 Å². The summed E-state index contributed by atoms with van der Waals surface area (Å²) >= 11 is 1.80. The van der Waals surface area contributed by atoms with Gasteiger partial charge in [-0.2, -0.15) is 0 Å². The van der Waals surface area contributed by atoms with Crippen molar-refractivity contribution in [3.05, 3.63) is 46.4 Å². The van der Waals surface area contributed by atoms with Gasteiger partial charge in [-0.25, -0.2) is 0 Å². The molecule has 2 nitrogen and oxygen atoms in total. The van der Waals surface area contributed by atoms with Crippen molar-refractivity contribution in [2.45, 2.75) is 19.5 Å². The van der Waals surface area contributed by atoms with Crippen molar-refractivity contribution in [1.29, 1.82) is 0 Å². The van der Waals surface area contributed by atoms with Gasteiger partial charge in [-0.05, 0) is 30.5 Å². The topological polar surface area (TPSA) is 17.0 Å². The van der Waals surface area contributed by atoms with Crippen LogP contribution >= 0.6 is 11.3 Å². The number of aromatic nitrogens is 1. The van der Waals surface area contributed by atoms with E-state index in [1.807, 2.05) is 0 Å². The molecule has 0 spiro atoms. The van der Waals surface area contributed by atoms with Crippen LogP contribution in [0.25, 0.3) is 0 Å². The standard InChI is InChI=1S/C12H16N2S/c1-10(12-6-4-8-15-12)13-9-11-5-3-7-14(11)2/h3-8,10,13H,9H2,1-2H3/t10-/m1/s1. The molecule has 0 fully saturated rings. The lowest BCUT2D eigenvalue weighted by Gasteiger charge is -2.12. The van der Waals surface area contributed by atoms with E-state index in [0.29, 0.717) is 6.04 Å². The first-order valence-corrected chi connectivity index (χ1v) is 6.02. The predicted molar refractivity (Wildman–Crippen MR) is 65.0 cm³/mol. The zero-order valence-corrected chi connectivity index (χ0v) is 9.92. The van der Waals surface area contributed by atoms with Crippen LogP contribution in [0.3, 0.4) is 0 Å². The summed E-state index contributed by atoms with van der Waals surface area (Å²) in [5.74, 6) is 0. The Morgan fingerprint density at radius 2 is 2.27 bits per heavy atom. The molecule has 0 aliphatic rings. The molecule has 0 aliphatic heterocycles. The number of nitrogens with zero attached hydrogens (tertiary/aromatic N) is 1. The molecule has 2 rings (SSSR count). The first-order valence-electron chi connectivity index (χ1n) is 5.14. The lowest BCUT2D eigenvalue weighted by molar-refractivity contribution is 0.565. The summed E-state index contributed by atoms with van der Waals surface area (Å²) in [6.07, 6.45) is 2.08. The molecule has 2 aromatic rings. The van der Waals surface area contributed by atoms with E-state index in [-0.39, 0.29) is 0 Å². The van der Waals surface area contributed by atoms with Crippen LogP contribution in [0, 0.1) is 0 Å². The van der Waals surface area contributed by atoms with Gasteiger partial charge < -0.3 is 9.88 Å². The summed E-state index contributed by atoms with van der Waals surface area (Å²) in [7, 11) is 2.08. The second kappa shape index (κ2) is 4.64. The van der Waals surface area contributed by atoms with Gasteiger partial charge >= 0.3 is 0 Å². The summed E-state index contributed by atoms with van der Waals surface area (Å²) in [4.78, 5) is 1.39. The monoisotopic (exact) mass is 220 g/mol. The molecular weight excluding hydrogens is 204 g/mol. The van der Waals surface area contributed by atoms with Crippen molar-refractivity contribution in [1.82, 2.24) is 9.88 Å². The quantitative estimate of drug-likeness (QED) is 0.838. The highest BCUT2D eigenvalue weighted by Crippen LogP contribution is 2.18. The van der Waals surface area contributed by atoms with Crippen molar-refractivity contribution >= 4 is 11.3 Å². The highest BCUT2D eigenvalue weighted by molar-refractivity contribution is 7.10. The van der Waals surface area contributed by atoms with Crippen molar-refractivity contribution in [2.75, 3.05) is 0 Å². The molecule has 80 valence electrons. The molecule has 3 heteroatoms. The maximum absolute atomic E-state index is 3.52. The molecule has 0 unspecified atom stereocenters. The van der Waals surface area contributed by atoms with Gasteiger partial charge in [0.2, 0.25) is 0 Å². The SMILES string of the molecule is C[C@@H](NCc1cccn1C)c1cccs1. The second-order valence-electron chi connectivity index (χ2n) is 3.73. The average molecular weight is 220 g/mol. The number of nitrogens with one attached hydrogen (secondary N) is 1. The highest BCUT2D eigenvalue weighted by Gasteiger charge is 2.05. The van der Waals surface area contributed by atoms with Gasteiger partial charge in [0, 0.05) is 36.4 Å². The first-order chi connectivity index (χ1) is 7.27. The molecule has 0 saturated heterocycles. The maximum atomic E-state index is 3.52. The molecule has 2 aromatic heterocycles. The normalized spacial score (nSPS) is 12.9. The van der Waals surface area contributed by atoms with Crippen molar-refractivity contribution in [3.8, 4) is 0 Å². The summed E-state index contributed by atoms with van der Waals surface area (Å²) in [6.45, 7) is 3.12.